The van der Waals surface area contributed by atoms with E-state index in [1.807, 2.05) is 0 Å². The lowest BCUT2D eigenvalue weighted by atomic mass is 9.79. The average molecular weight is 281 g/mol. The van der Waals surface area contributed by atoms with Crippen LogP contribution >= 0.6 is 0 Å². The monoisotopic (exact) mass is 281 g/mol. The average Bonchev–Trinajstić information content (AvgIpc) is 2.83. The Labute approximate surface area is 113 Å². The molecule has 1 heterocycles. The summed E-state index contributed by atoms with van der Waals surface area (Å²) < 4.78 is 36.9. The van der Waals surface area contributed by atoms with Gasteiger partial charge in [-0.15, -0.1) is 0 Å². The van der Waals surface area contributed by atoms with Crippen molar-refractivity contribution in [1.29, 1.82) is 0 Å². The summed E-state index contributed by atoms with van der Waals surface area (Å²) in [6.45, 7) is 0. The summed E-state index contributed by atoms with van der Waals surface area (Å²) >= 11 is 0. The number of ether oxygens (including phenoxy) is 1. The van der Waals surface area contributed by atoms with Gasteiger partial charge in [-0.1, -0.05) is 5.16 Å². The van der Waals surface area contributed by atoms with Gasteiger partial charge in [0.2, 0.25) is 5.82 Å². The van der Waals surface area contributed by atoms with Crippen LogP contribution < -0.4 is 5.73 Å². The highest BCUT2D eigenvalue weighted by molar-refractivity contribution is 5.70. The van der Waals surface area contributed by atoms with E-state index >= 15 is 0 Å². The lowest BCUT2D eigenvalue weighted by molar-refractivity contribution is -0.0858. The van der Waals surface area contributed by atoms with Crippen molar-refractivity contribution in [3.8, 4) is 11.5 Å². The minimum Gasteiger partial charge on any atom is -0.398 e. The van der Waals surface area contributed by atoms with Crippen molar-refractivity contribution in [3.63, 3.8) is 0 Å². The summed E-state index contributed by atoms with van der Waals surface area (Å²) in [6, 6.07) is 1.84. The molecule has 1 aromatic heterocycles. The normalized spacial score (nSPS) is 16.9. The minimum absolute atomic E-state index is 0.0409. The highest BCUT2D eigenvalue weighted by Gasteiger charge is 2.43. The standard InChI is InChI=1S/C13H13F2N3O2/c1-19-13(3-2-4-13)12-17-11(20-18-12)7-5-8(14)9(15)6-10(7)16/h5-6H,2-4,16H2,1H3. The van der Waals surface area contributed by atoms with Gasteiger partial charge in [0.1, 0.15) is 5.60 Å². The van der Waals surface area contributed by atoms with Gasteiger partial charge in [0.05, 0.1) is 5.56 Å². The Morgan fingerprint density at radius 3 is 2.60 bits per heavy atom. The Hall–Kier alpha value is -2.02. The number of nitrogens with zero attached hydrogens (tertiary/aromatic N) is 2. The molecular formula is C13H13F2N3O2. The fourth-order valence-corrected chi connectivity index (χ4v) is 2.28. The number of anilines is 1. The number of methoxy groups -OCH3 is 1. The van der Waals surface area contributed by atoms with Crippen LogP contribution in [0.2, 0.25) is 0 Å². The molecule has 20 heavy (non-hydrogen) atoms. The second-order valence-corrected chi connectivity index (χ2v) is 4.83. The van der Waals surface area contributed by atoms with E-state index in [9.17, 15) is 8.78 Å². The van der Waals surface area contributed by atoms with E-state index < -0.39 is 17.2 Å². The van der Waals surface area contributed by atoms with Crippen LogP contribution in [0.5, 0.6) is 0 Å². The van der Waals surface area contributed by atoms with Crippen LogP contribution in [-0.4, -0.2) is 17.3 Å². The van der Waals surface area contributed by atoms with E-state index in [-0.39, 0.29) is 17.1 Å². The molecule has 106 valence electrons. The highest BCUT2D eigenvalue weighted by atomic mass is 19.2. The smallest absolute Gasteiger partial charge is 0.260 e. The van der Waals surface area contributed by atoms with Crippen molar-refractivity contribution < 1.29 is 18.0 Å². The molecule has 1 fully saturated rings. The van der Waals surface area contributed by atoms with Gasteiger partial charge < -0.3 is 15.0 Å². The zero-order valence-corrected chi connectivity index (χ0v) is 10.8. The number of hydrogen-bond acceptors (Lipinski definition) is 5. The van der Waals surface area contributed by atoms with E-state index in [1.54, 1.807) is 7.11 Å². The summed E-state index contributed by atoms with van der Waals surface area (Å²) in [5, 5.41) is 3.87. The fraction of sp³-hybridized carbons (Fsp3) is 0.385. The second kappa shape index (κ2) is 4.52. The molecule has 0 atom stereocenters. The van der Waals surface area contributed by atoms with Crippen molar-refractivity contribution in [3.05, 3.63) is 29.6 Å². The molecule has 0 amide bonds. The van der Waals surface area contributed by atoms with Gasteiger partial charge in [0.25, 0.3) is 5.89 Å². The van der Waals surface area contributed by atoms with E-state index in [0.717, 1.165) is 31.4 Å². The van der Waals surface area contributed by atoms with Gasteiger partial charge in [-0.05, 0) is 25.3 Å². The molecule has 0 bridgehead atoms. The minimum atomic E-state index is -1.02. The van der Waals surface area contributed by atoms with Crippen molar-refractivity contribution >= 4 is 5.69 Å². The first-order chi connectivity index (χ1) is 9.55. The maximum absolute atomic E-state index is 13.3. The zero-order valence-electron chi connectivity index (χ0n) is 10.8. The molecule has 0 spiro atoms. The number of hydrogen-bond donors (Lipinski definition) is 1. The molecule has 0 unspecified atom stereocenters. The topological polar surface area (TPSA) is 74.2 Å². The summed E-state index contributed by atoms with van der Waals surface area (Å²) in [7, 11) is 1.58. The lowest BCUT2D eigenvalue weighted by Crippen LogP contribution is -2.37. The molecule has 2 N–H and O–H groups in total. The van der Waals surface area contributed by atoms with E-state index in [1.165, 1.54) is 0 Å². The molecule has 0 saturated heterocycles. The molecule has 1 aromatic carbocycles. The first-order valence-corrected chi connectivity index (χ1v) is 6.20. The third kappa shape index (κ3) is 1.85. The molecule has 0 radical (unpaired) electrons. The van der Waals surface area contributed by atoms with Crippen LogP contribution in [0, 0.1) is 11.6 Å². The zero-order chi connectivity index (χ0) is 14.3. The molecule has 1 saturated carbocycles. The largest absolute Gasteiger partial charge is 0.398 e. The van der Waals surface area contributed by atoms with Gasteiger partial charge >= 0.3 is 0 Å². The molecule has 3 rings (SSSR count). The SMILES string of the molecule is COC1(c2noc(-c3cc(F)c(F)cc3N)n2)CCC1. The van der Waals surface area contributed by atoms with Crippen molar-refractivity contribution in [1.82, 2.24) is 10.1 Å². The predicted molar refractivity (Wildman–Crippen MR) is 66.6 cm³/mol. The van der Waals surface area contributed by atoms with Crippen LogP contribution in [0.4, 0.5) is 14.5 Å². The number of nitrogens with two attached hydrogens (primary N) is 1. The van der Waals surface area contributed by atoms with Crippen molar-refractivity contribution in [2.45, 2.75) is 24.9 Å². The summed E-state index contributed by atoms with van der Waals surface area (Å²) in [6.07, 6.45) is 2.62. The Bertz CT molecular complexity index is 648. The van der Waals surface area contributed by atoms with Gasteiger partial charge in [-0.3, -0.25) is 0 Å². The third-order valence-electron chi connectivity index (χ3n) is 3.71. The predicted octanol–water partition coefficient (Wildman–Crippen LogP) is 2.62. The molecule has 2 aromatic rings. The van der Waals surface area contributed by atoms with Gasteiger partial charge in [0.15, 0.2) is 11.6 Å². The molecule has 5 nitrogen and oxygen atoms in total. The summed E-state index contributed by atoms with van der Waals surface area (Å²) in [4.78, 5) is 4.21. The number of aromatic nitrogens is 2. The van der Waals surface area contributed by atoms with Crippen molar-refractivity contribution in [2.75, 3.05) is 12.8 Å². The first kappa shape index (κ1) is 13.0. The van der Waals surface area contributed by atoms with Crippen molar-refractivity contribution in [2.24, 2.45) is 0 Å². The van der Waals surface area contributed by atoms with Gasteiger partial charge in [-0.2, -0.15) is 4.98 Å². The maximum Gasteiger partial charge on any atom is 0.260 e. The van der Waals surface area contributed by atoms with E-state index in [0.29, 0.717) is 5.82 Å². The number of halogens is 2. The van der Waals surface area contributed by atoms with E-state index in [4.69, 9.17) is 15.0 Å². The van der Waals surface area contributed by atoms with Crippen LogP contribution in [0.1, 0.15) is 25.1 Å². The Balaban J connectivity index is 2.00. The fourth-order valence-electron chi connectivity index (χ4n) is 2.28. The van der Waals surface area contributed by atoms with Crippen LogP contribution in [0.25, 0.3) is 11.5 Å². The first-order valence-electron chi connectivity index (χ1n) is 6.20. The number of rotatable bonds is 3. The molecule has 1 aliphatic carbocycles. The molecule has 1 aliphatic rings. The third-order valence-corrected chi connectivity index (χ3v) is 3.71. The maximum atomic E-state index is 13.3. The van der Waals surface area contributed by atoms with Crippen LogP contribution in [0.3, 0.4) is 0 Å². The molecular weight excluding hydrogens is 268 g/mol. The number of nitrogen functional groups attached to an aromatic ring is 1. The second-order valence-electron chi connectivity index (χ2n) is 4.83. The van der Waals surface area contributed by atoms with Gasteiger partial charge in [0, 0.05) is 18.9 Å². The lowest BCUT2D eigenvalue weighted by Gasteiger charge is -2.37. The van der Waals surface area contributed by atoms with E-state index in [2.05, 4.69) is 10.1 Å². The quantitative estimate of drug-likeness (QED) is 0.875. The summed E-state index contributed by atoms with van der Waals surface area (Å²) in [5.74, 6) is -1.57. The summed E-state index contributed by atoms with van der Waals surface area (Å²) in [5.41, 5.74) is 5.34. The Morgan fingerprint density at radius 1 is 1.30 bits per heavy atom. The van der Waals surface area contributed by atoms with Crippen LogP contribution in [0.15, 0.2) is 16.7 Å². The van der Waals surface area contributed by atoms with Crippen LogP contribution in [-0.2, 0) is 10.3 Å². The Morgan fingerprint density at radius 2 is 2.00 bits per heavy atom. The molecule has 7 heteroatoms. The highest BCUT2D eigenvalue weighted by Crippen LogP contribution is 2.43. The van der Waals surface area contributed by atoms with Gasteiger partial charge in [-0.25, -0.2) is 8.78 Å². The molecule has 0 aliphatic heterocycles. The number of benzene rings is 1. The Kier molecular flexibility index (Phi) is 2.93.